The van der Waals surface area contributed by atoms with Gasteiger partial charge in [0.05, 0.1) is 0 Å². The number of benzene rings is 1. The molecule has 0 unspecified atom stereocenters. The molecule has 0 aromatic heterocycles. The first-order chi connectivity index (χ1) is 4.34. The smallest absolute Gasteiger partial charge is 1.00 e. The van der Waals surface area contributed by atoms with Crippen molar-refractivity contribution in [2.75, 3.05) is 0 Å². The number of hydrogen-bond donors (Lipinski definition) is 0. The fraction of sp³-hybridized carbons (Fsp3) is 0. The minimum absolute atomic E-state index is 0. The first kappa shape index (κ1) is 13.9. The Morgan fingerprint density at radius 2 is 1.82 bits per heavy atom. The fourth-order valence-corrected chi connectivity index (χ4v) is 0.807. The quantitative estimate of drug-likeness (QED) is 0.413. The molecule has 3 heteroatoms. The first-order valence-electron chi connectivity index (χ1n) is 2.62. The Balaban J connectivity index is 0. The van der Waals surface area contributed by atoms with E-state index in [0.717, 1.165) is 5.56 Å². The van der Waals surface area contributed by atoms with E-state index in [1.54, 1.807) is 0 Å². The molecule has 54 valence electrons. The van der Waals surface area contributed by atoms with Gasteiger partial charge >= 0.3 is 23.1 Å². The van der Waals surface area contributed by atoms with Gasteiger partial charge in [-0.25, -0.2) is 0 Å². The fourth-order valence-electron chi connectivity index (χ4n) is 0.605. The average Bonchev–Trinajstić information content (AvgIpc) is 1.89. The zero-order valence-electron chi connectivity index (χ0n) is 5.98. The molecule has 1 aromatic carbocycles. The molecule has 0 N–H and O–H groups in total. The van der Waals surface area contributed by atoms with E-state index in [2.05, 4.69) is 12.7 Å². The third-order valence-corrected chi connectivity index (χ3v) is 1.39. The molecule has 0 bridgehead atoms. The molecule has 0 aliphatic heterocycles. The molecule has 0 aliphatic rings. The van der Waals surface area contributed by atoms with Gasteiger partial charge in [0.15, 0.2) is 0 Å². The van der Waals surface area contributed by atoms with Crippen LogP contribution in [-0.2, 0) is 0 Å². The molecule has 0 saturated carbocycles. The van der Waals surface area contributed by atoms with Crippen molar-refractivity contribution in [3.8, 4) is 0 Å². The molecule has 0 radical (unpaired) electrons. The maximum Gasteiger partial charge on any atom is 2.00 e. The van der Waals surface area contributed by atoms with Gasteiger partial charge in [-0.3, -0.25) is 0 Å². The van der Waals surface area contributed by atoms with Crippen molar-refractivity contribution in [2.24, 2.45) is 0 Å². The van der Waals surface area contributed by atoms with Crippen molar-refractivity contribution in [3.05, 3.63) is 47.5 Å². The summed E-state index contributed by atoms with van der Waals surface area (Å²) in [5.41, 5.74) is 0.860. The first-order valence-corrected chi connectivity index (χ1v) is 3.00. The van der Waals surface area contributed by atoms with Crippen LogP contribution in [0.5, 0.6) is 0 Å². The van der Waals surface area contributed by atoms with E-state index in [1.807, 2.05) is 24.3 Å². The second kappa shape index (κ2) is 6.98. The summed E-state index contributed by atoms with van der Waals surface area (Å²) in [6.07, 6.45) is 2.71. The van der Waals surface area contributed by atoms with Gasteiger partial charge in [-0.05, 0) is 0 Å². The second-order valence-electron chi connectivity index (χ2n) is 1.66. The average molecular weight is 197 g/mol. The van der Waals surface area contributed by atoms with E-state index in [0.29, 0.717) is 5.02 Å². The third kappa shape index (κ3) is 4.02. The van der Waals surface area contributed by atoms with Crippen molar-refractivity contribution >= 4 is 34.7 Å². The van der Waals surface area contributed by atoms with Gasteiger partial charge in [0.2, 0.25) is 0 Å². The zero-order valence-corrected chi connectivity index (χ0v) is 8.91. The molecule has 0 fully saturated rings. The second-order valence-corrected chi connectivity index (χ2v) is 2.06. The van der Waals surface area contributed by atoms with Crippen LogP contribution in [0.3, 0.4) is 0 Å². The van der Waals surface area contributed by atoms with Crippen molar-refractivity contribution in [1.82, 2.24) is 0 Å². The van der Waals surface area contributed by atoms with Crippen LogP contribution in [0.25, 0.3) is 0 Å². The van der Waals surface area contributed by atoms with Crippen LogP contribution < -0.4 is 12.4 Å². The number of halogens is 2. The van der Waals surface area contributed by atoms with Crippen LogP contribution in [0.4, 0.5) is 0 Å². The van der Waals surface area contributed by atoms with Crippen molar-refractivity contribution in [1.29, 1.82) is 0 Å². The Hall–Kier alpha value is 0.306. The van der Waals surface area contributed by atoms with Crippen LogP contribution in [0.15, 0.2) is 30.8 Å². The van der Waals surface area contributed by atoms with Crippen LogP contribution in [0.2, 0.25) is 5.02 Å². The maximum absolute atomic E-state index is 5.72. The minimum atomic E-state index is 0. The molecule has 1 aromatic rings. The molecule has 1 rings (SSSR count). The summed E-state index contributed by atoms with van der Waals surface area (Å²) in [6.45, 7) is 3.48. The summed E-state index contributed by atoms with van der Waals surface area (Å²) in [4.78, 5) is 0. The normalized spacial score (nSPS) is 7.36. The third-order valence-electron chi connectivity index (χ3n) is 1.06. The molecular formula is C8H6Cl2Mg. The summed E-state index contributed by atoms with van der Waals surface area (Å²) in [6, 6.07) is 7.47. The van der Waals surface area contributed by atoms with Gasteiger partial charge in [-0.15, -0.1) is 12.1 Å². The SMILES string of the molecule is C=[C-]c1ccccc1Cl.[Cl-].[Mg+2]. The Kier molecular flexibility index (Phi) is 8.80. The van der Waals surface area contributed by atoms with Gasteiger partial charge in [0.1, 0.15) is 0 Å². The van der Waals surface area contributed by atoms with E-state index in [-0.39, 0.29) is 35.5 Å². The summed E-state index contributed by atoms with van der Waals surface area (Å²) >= 11 is 5.72. The van der Waals surface area contributed by atoms with Gasteiger partial charge < -0.3 is 12.4 Å². The topological polar surface area (TPSA) is 0 Å². The summed E-state index contributed by atoms with van der Waals surface area (Å²) in [5.74, 6) is 0. The Labute approximate surface area is 94.2 Å². The molecule has 0 nitrogen and oxygen atoms in total. The van der Waals surface area contributed by atoms with Crippen molar-refractivity contribution in [2.45, 2.75) is 0 Å². The largest absolute Gasteiger partial charge is 2.00 e. The Bertz CT molecular complexity index is 223. The van der Waals surface area contributed by atoms with Crippen LogP contribution in [-0.4, -0.2) is 23.1 Å². The predicted octanol–water partition coefficient (Wildman–Crippen LogP) is -0.700. The van der Waals surface area contributed by atoms with Gasteiger partial charge in [-0.2, -0.15) is 35.9 Å². The Morgan fingerprint density at radius 3 is 2.18 bits per heavy atom. The molecule has 11 heavy (non-hydrogen) atoms. The van der Waals surface area contributed by atoms with E-state index >= 15 is 0 Å². The van der Waals surface area contributed by atoms with Gasteiger partial charge in [-0.1, -0.05) is 11.1 Å². The van der Waals surface area contributed by atoms with Crippen LogP contribution in [0.1, 0.15) is 5.56 Å². The van der Waals surface area contributed by atoms with E-state index in [4.69, 9.17) is 11.6 Å². The molecule has 0 heterocycles. The molecule has 0 atom stereocenters. The van der Waals surface area contributed by atoms with Crippen LogP contribution >= 0.6 is 11.6 Å². The predicted molar refractivity (Wildman–Crippen MR) is 45.2 cm³/mol. The maximum atomic E-state index is 5.72. The molecule has 0 aliphatic carbocycles. The molecular weight excluding hydrogens is 191 g/mol. The van der Waals surface area contributed by atoms with Crippen molar-refractivity contribution in [3.63, 3.8) is 0 Å². The minimum Gasteiger partial charge on any atom is -1.00 e. The van der Waals surface area contributed by atoms with E-state index < -0.39 is 0 Å². The molecule has 0 saturated heterocycles. The van der Waals surface area contributed by atoms with E-state index in [1.165, 1.54) is 0 Å². The Morgan fingerprint density at radius 1 is 1.27 bits per heavy atom. The summed E-state index contributed by atoms with van der Waals surface area (Å²) < 4.78 is 0. The standard InChI is InChI=1S/C8H6Cl.ClH.Mg/c1-2-7-5-3-4-6-8(7)9;;/h3-6H,1H2;1H;/q-1;;+2/p-1. The number of rotatable bonds is 1. The van der Waals surface area contributed by atoms with Crippen LogP contribution in [0, 0.1) is 6.08 Å². The summed E-state index contributed by atoms with van der Waals surface area (Å²) in [5, 5.41) is 0.701. The van der Waals surface area contributed by atoms with Gasteiger partial charge in [0.25, 0.3) is 0 Å². The zero-order chi connectivity index (χ0) is 6.69. The number of hydrogen-bond acceptors (Lipinski definition) is 0. The monoisotopic (exact) mass is 196 g/mol. The molecule has 0 amide bonds. The molecule has 0 spiro atoms. The van der Waals surface area contributed by atoms with Crippen molar-refractivity contribution < 1.29 is 12.4 Å². The van der Waals surface area contributed by atoms with Gasteiger partial charge in [0, 0.05) is 0 Å². The van der Waals surface area contributed by atoms with E-state index in [9.17, 15) is 0 Å². The summed E-state index contributed by atoms with van der Waals surface area (Å²) in [7, 11) is 0.